The van der Waals surface area contributed by atoms with Gasteiger partial charge in [0.2, 0.25) is 5.69 Å². The van der Waals surface area contributed by atoms with Crippen molar-refractivity contribution < 1.29 is 22.7 Å². The van der Waals surface area contributed by atoms with Crippen LogP contribution < -0.4 is 10.0 Å². The van der Waals surface area contributed by atoms with Gasteiger partial charge in [0.05, 0.1) is 22.5 Å². The van der Waals surface area contributed by atoms with Gasteiger partial charge in [-0.25, -0.2) is 37.8 Å². The minimum absolute atomic E-state index is 0.0538. The molecular weight excluding hydrogens is 564 g/mol. The van der Waals surface area contributed by atoms with Gasteiger partial charge in [-0.15, -0.1) is 16.4 Å². The van der Waals surface area contributed by atoms with Gasteiger partial charge in [-0.3, -0.25) is 0 Å². The van der Waals surface area contributed by atoms with Crippen LogP contribution in [0.3, 0.4) is 0 Å². The van der Waals surface area contributed by atoms with E-state index >= 15 is 0 Å². The molecule has 0 aliphatic carbocycles. The van der Waals surface area contributed by atoms with Gasteiger partial charge in [0.25, 0.3) is 5.82 Å². The number of hydrogen-bond donors (Lipinski definition) is 1. The molecule has 11 nitrogen and oxygen atoms in total. The molecule has 0 spiro atoms. The average molecular weight is 585 g/mol. The van der Waals surface area contributed by atoms with Crippen molar-refractivity contribution in [3.63, 3.8) is 0 Å². The molecule has 1 N–H and O–H groups in total. The molecule has 14 heteroatoms. The monoisotopic (exact) mass is 584 g/mol. The molecule has 1 unspecified atom stereocenters. The number of carbonyl (C=O) groups excluding carboxylic acids is 1. The van der Waals surface area contributed by atoms with Crippen LogP contribution >= 0.6 is 22.9 Å². The average Bonchev–Trinajstić information content (AvgIpc) is 3.56. The van der Waals surface area contributed by atoms with Crippen LogP contribution in [0.4, 0.5) is 11.5 Å². The maximum Gasteiger partial charge on any atom is 0.304 e. The second-order valence-electron chi connectivity index (χ2n) is 8.68. The van der Waals surface area contributed by atoms with Crippen molar-refractivity contribution >= 4 is 50.2 Å². The largest absolute Gasteiger partial charge is 0.711 e. The number of carbonyl (C=O) groups is 1. The molecule has 1 aliphatic heterocycles. The lowest BCUT2D eigenvalue weighted by Crippen LogP contribution is -2.31. The van der Waals surface area contributed by atoms with Crippen LogP contribution in [-0.2, 0) is 19.4 Å². The van der Waals surface area contributed by atoms with Crippen molar-refractivity contribution in [1.29, 1.82) is 0 Å². The Labute approximate surface area is 233 Å². The molecular formula is C25H21ClN6O5S2. The first-order valence-corrected chi connectivity index (χ1v) is 14.5. The molecule has 3 aromatic heterocycles. The Bertz CT molecular complexity index is 1700. The van der Waals surface area contributed by atoms with E-state index in [0.29, 0.717) is 21.9 Å². The normalized spacial score (nSPS) is 15.6. The lowest BCUT2D eigenvalue weighted by atomic mass is 10.2. The Balaban J connectivity index is 1.72. The SMILES string of the molecule is [C-]#[N+]c1c(-c2cc[n+]([O-])c(NC(C)=O)c2)sc(-c2ncn(C3CCCCO3)n2)c1S(=O)(=O)c1ccc(Cl)cc1. The van der Waals surface area contributed by atoms with E-state index in [2.05, 4.69) is 20.2 Å². The highest BCUT2D eigenvalue weighted by Gasteiger charge is 2.33. The van der Waals surface area contributed by atoms with Gasteiger partial charge in [0.15, 0.2) is 21.9 Å². The zero-order valence-corrected chi connectivity index (χ0v) is 22.9. The van der Waals surface area contributed by atoms with Gasteiger partial charge < -0.3 is 9.94 Å². The van der Waals surface area contributed by atoms with E-state index in [1.807, 2.05) is 0 Å². The van der Waals surface area contributed by atoms with Crippen molar-refractivity contribution in [2.24, 2.45) is 0 Å². The maximum atomic E-state index is 14.0. The van der Waals surface area contributed by atoms with Crippen molar-refractivity contribution in [2.45, 2.75) is 42.2 Å². The zero-order chi connectivity index (χ0) is 27.7. The van der Waals surface area contributed by atoms with Crippen molar-refractivity contribution in [1.82, 2.24) is 14.8 Å². The van der Waals surface area contributed by atoms with E-state index in [-0.39, 0.29) is 43.1 Å². The number of rotatable bonds is 6. The third-order valence-electron chi connectivity index (χ3n) is 5.99. The lowest BCUT2D eigenvalue weighted by Gasteiger charge is -2.21. The Morgan fingerprint density at radius 3 is 2.72 bits per heavy atom. The van der Waals surface area contributed by atoms with Crippen LogP contribution in [-0.4, -0.2) is 35.7 Å². The maximum absolute atomic E-state index is 14.0. The number of sulfone groups is 1. The molecule has 0 saturated carbocycles. The van der Waals surface area contributed by atoms with Crippen LogP contribution in [0.15, 0.2) is 58.7 Å². The number of aromatic nitrogens is 4. The third-order valence-corrected chi connectivity index (χ3v) is 9.43. The van der Waals surface area contributed by atoms with Gasteiger partial charge in [0, 0.05) is 29.5 Å². The summed E-state index contributed by atoms with van der Waals surface area (Å²) < 4.78 is 35.7. The minimum atomic E-state index is -4.24. The summed E-state index contributed by atoms with van der Waals surface area (Å²) in [5.41, 5.74) is 0.225. The molecule has 1 fully saturated rings. The molecule has 1 aromatic carbocycles. The molecule has 1 amide bonds. The van der Waals surface area contributed by atoms with E-state index < -0.39 is 15.7 Å². The first-order valence-electron chi connectivity index (χ1n) is 11.8. The summed E-state index contributed by atoms with van der Waals surface area (Å²) in [6.45, 7) is 9.79. The zero-order valence-electron chi connectivity index (χ0n) is 20.5. The summed E-state index contributed by atoms with van der Waals surface area (Å²) in [5, 5.41) is 19.5. The summed E-state index contributed by atoms with van der Waals surface area (Å²) in [5.74, 6) is -0.403. The summed E-state index contributed by atoms with van der Waals surface area (Å²) in [6, 6.07) is 8.48. The van der Waals surface area contributed by atoms with E-state index in [9.17, 15) is 18.4 Å². The topological polar surface area (TPSA) is 134 Å². The second-order valence-corrected chi connectivity index (χ2v) is 12.0. The van der Waals surface area contributed by atoms with Crippen LogP contribution in [0.25, 0.3) is 26.0 Å². The molecule has 200 valence electrons. The fraction of sp³-hybridized carbons (Fsp3) is 0.240. The minimum Gasteiger partial charge on any atom is -0.711 e. The number of benzene rings is 1. The number of pyridine rings is 1. The number of nitrogens with one attached hydrogen (secondary N) is 1. The summed E-state index contributed by atoms with van der Waals surface area (Å²) in [4.78, 5) is 19.7. The molecule has 39 heavy (non-hydrogen) atoms. The Hall–Kier alpha value is -3.83. The van der Waals surface area contributed by atoms with E-state index in [1.165, 1.54) is 55.8 Å². The highest BCUT2D eigenvalue weighted by atomic mass is 35.5. The fourth-order valence-electron chi connectivity index (χ4n) is 4.18. The van der Waals surface area contributed by atoms with Gasteiger partial charge in [-0.2, -0.15) is 0 Å². The number of nitrogens with zero attached hydrogens (tertiary/aromatic N) is 5. The first-order chi connectivity index (χ1) is 18.7. The van der Waals surface area contributed by atoms with Crippen LogP contribution in [0.1, 0.15) is 32.4 Å². The fourth-order valence-corrected chi connectivity index (χ4v) is 7.36. The molecule has 1 atom stereocenters. The quantitative estimate of drug-likeness (QED) is 0.191. The highest BCUT2D eigenvalue weighted by Crippen LogP contribution is 2.50. The summed E-state index contributed by atoms with van der Waals surface area (Å²) in [6.07, 6.45) is 4.99. The van der Waals surface area contributed by atoms with Crippen molar-refractivity contribution in [3.8, 4) is 21.1 Å². The number of thiophene rings is 1. The summed E-state index contributed by atoms with van der Waals surface area (Å²) in [7, 11) is -4.24. The predicted octanol–water partition coefficient (Wildman–Crippen LogP) is 5.00. The molecule has 0 radical (unpaired) electrons. The van der Waals surface area contributed by atoms with Gasteiger partial charge in [-0.05, 0) is 55.2 Å². The number of anilines is 1. The van der Waals surface area contributed by atoms with Crippen molar-refractivity contribution in [3.05, 3.63) is 70.6 Å². The molecule has 5 rings (SSSR count). The van der Waals surface area contributed by atoms with Gasteiger partial charge in [-0.1, -0.05) is 11.6 Å². The van der Waals surface area contributed by atoms with Crippen molar-refractivity contribution in [2.75, 3.05) is 11.9 Å². The molecule has 1 saturated heterocycles. The molecule has 4 heterocycles. The predicted molar refractivity (Wildman–Crippen MR) is 144 cm³/mol. The first kappa shape index (κ1) is 26.8. The van der Waals surface area contributed by atoms with Crippen LogP contribution in [0, 0.1) is 11.8 Å². The smallest absolute Gasteiger partial charge is 0.304 e. The second kappa shape index (κ2) is 10.7. The molecule has 0 bridgehead atoms. The Morgan fingerprint density at radius 2 is 2.05 bits per heavy atom. The third kappa shape index (κ3) is 5.24. The number of hydrogen-bond acceptors (Lipinski definition) is 8. The molecule has 4 aromatic rings. The van der Waals surface area contributed by atoms with Gasteiger partial charge >= 0.3 is 5.91 Å². The van der Waals surface area contributed by atoms with E-state index in [1.54, 1.807) is 4.68 Å². The van der Waals surface area contributed by atoms with Crippen LogP contribution in [0.2, 0.25) is 5.02 Å². The van der Waals surface area contributed by atoms with E-state index in [0.717, 1.165) is 30.6 Å². The van der Waals surface area contributed by atoms with Crippen LogP contribution in [0.5, 0.6) is 0 Å². The standard InChI is InChI=1S/C25H21ClN6O5S2/c1-15(33)29-19-13-16(10-11-32(19)34)22-21(27-2)24(39(35,36)18-8-6-17(26)7-9-18)23(38-22)25-28-14-31(30-25)20-5-3-4-12-37-20/h6-11,13-14,20H,3-5,12H2,1H3,(H,29,33). The number of amides is 1. The molecule has 1 aliphatic rings. The van der Waals surface area contributed by atoms with Gasteiger partial charge in [0.1, 0.15) is 11.2 Å². The summed E-state index contributed by atoms with van der Waals surface area (Å²) >= 11 is 7.00. The van der Waals surface area contributed by atoms with E-state index in [4.69, 9.17) is 22.9 Å². The Kier molecular flexibility index (Phi) is 7.37. The number of ether oxygens (including phenoxy) is 1. The Morgan fingerprint density at radius 1 is 1.28 bits per heavy atom. The number of halogens is 1. The highest BCUT2D eigenvalue weighted by molar-refractivity contribution is 7.92. The lowest BCUT2D eigenvalue weighted by molar-refractivity contribution is -0.589.